The minimum absolute atomic E-state index is 0.175. The summed E-state index contributed by atoms with van der Waals surface area (Å²) in [4.78, 5) is 15.3. The molecule has 0 fully saturated rings. The van der Waals surface area contributed by atoms with Crippen molar-refractivity contribution in [1.29, 1.82) is 0 Å². The molecular weight excluding hydrogens is 398 g/mol. The van der Waals surface area contributed by atoms with E-state index in [2.05, 4.69) is 24.1 Å². The fourth-order valence-electron chi connectivity index (χ4n) is 3.38. The zero-order valence-electron chi connectivity index (χ0n) is 18.6. The first-order valence-electron chi connectivity index (χ1n) is 10.5. The maximum absolute atomic E-state index is 12.9. The number of amides is 1. The number of benzene rings is 2. The van der Waals surface area contributed by atoms with Crippen LogP contribution in [0, 0.1) is 6.92 Å². The molecule has 0 aliphatic carbocycles. The van der Waals surface area contributed by atoms with Crippen molar-refractivity contribution in [3.05, 3.63) is 59.2 Å². The number of carbonyl (C=O) groups excluding carboxylic acids is 1. The van der Waals surface area contributed by atoms with Gasteiger partial charge < -0.3 is 5.32 Å². The monoisotopic (exact) mass is 431 g/mol. The van der Waals surface area contributed by atoms with Gasteiger partial charge in [0.1, 0.15) is 0 Å². The summed E-state index contributed by atoms with van der Waals surface area (Å²) >= 11 is 0. The second-order valence-electron chi connectivity index (χ2n) is 7.19. The number of rotatable bonds is 10. The van der Waals surface area contributed by atoms with Gasteiger partial charge in [0.25, 0.3) is 5.91 Å². The molecule has 0 saturated carbocycles. The van der Waals surface area contributed by atoms with Crippen molar-refractivity contribution in [3.8, 4) is 0 Å². The maximum Gasteiger partial charge on any atom is 0.255 e. The molecule has 7 heteroatoms. The quantitative estimate of drug-likeness (QED) is 0.614. The molecule has 0 spiro atoms. The predicted molar refractivity (Wildman–Crippen MR) is 122 cm³/mol. The highest BCUT2D eigenvalue weighted by molar-refractivity contribution is 7.89. The van der Waals surface area contributed by atoms with Crippen LogP contribution in [0.25, 0.3) is 0 Å². The Kier molecular flexibility index (Phi) is 8.58. The second kappa shape index (κ2) is 10.7. The lowest BCUT2D eigenvalue weighted by atomic mass is 10.1. The molecule has 0 aliphatic rings. The van der Waals surface area contributed by atoms with E-state index < -0.39 is 10.0 Å². The molecule has 0 saturated heterocycles. The molecule has 30 heavy (non-hydrogen) atoms. The van der Waals surface area contributed by atoms with Crippen LogP contribution in [0.4, 0.5) is 5.69 Å². The Morgan fingerprint density at radius 3 is 2.20 bits per heavy atom. The van der Waals surface area contributed by atoms with Crippen molar-refractivity contribution >= 4 is 21.6 Å². The Hall–Kier alpha value is -2.22. The average molecular weight is 432 g/mol. The lowest BCUT2D eigenvalue weighted by Gasteiger charge is -2.20. The Balaban J connectivity index is 2.27. The lowest BCUT2D eigenvalue weighted by molar-refractivity contribution is 0.102. The standard InChI is InChI=1S/C23H33N3O3S/c1-6-25(7-2)17-19-11-10-12-21(15-19)24-23(27)20-14-13-18(5)22(16-20)30(28,29)26(8-3)9-4/h10-16H,6-9,17H2,1-5H3,(H,24,27). The van der Waals surface area contributed by atoms with Gasteiger partial charge in [-0.3, -0.25) is 9.69 Å². The van der Waals surface area contributed by atoms with E-state index >= 15 is 0 Å². The lowest BCUT2D eigenvalue weighted by Crippen LogP contribution is -2.31. The summed E-state index contributed by atoms with van der Waals surface area (Å²) in [6.07, 6.45) is 0. The molecule has 2 aromatic rings. The number of anilines is 1. The van der Waals surface area contributed by atoms with Gasteiger partial charge >= 0.3 is 0 Å². The van der Waals surface area contributed by atoms with E-state index in [4.69, 9.17) is 0 Å². The molecule has 0 aromatic heterocycles. The number of carbonyl (C=O) groups is 1. The number of aryl methyl sites for hydroxylation is 1. The van der Waals surface area contributed by atoms with Crippen LogP contribution in [0.15, 0.2) is 47.4 Å². The summed E-state index contributed by atoms with van der Waals surface area (Å²) in [6.45, 7) is 13.1. The van der Waals surface area contributed by atoms with E-state index in [-0.39, 0.29) is 10.8 Å². The van der Waals surface area contributed by atoms with E-state index in [0.717, 1.165) is 25.2 Å². The van der Waals surface area contributed by atoms with E-state index in [9.17, 15) is 13.2 Å². The third-order valence-corrected chi connectivity index (χ3v) is 7.45. The summed E-state index contributed by atoms with van der Waals surface area (Å²) in [5.41, 5.74) is 2.75. The van der Waals surface area contributed by atoms with E-state index in [1.165, 1.54) is 10.4 Å². The van der Waals surface area contributed by atoms with E-state index in [1.807, 2.05) is 24.3 Å². The topological polar surface area (TPSA) is 69.7 Å². The second-order valence-corrected chi connectivity index (χ2v) is 9.09. The van der Waals surface area contributed by atoms with Crippen LogP contribution in [0.1, 0.15) is 49.2 Å². The molecule has 6 nitrogen and oxygen atoms in total. The van der Waals surface area contributed by atoms with Gasteiger partial charge in [0.15, 0.2) is 0 Å². The zero-order chi connectivity index (χ0) is 22.3. The molecule has 0 bridgehead atoms. The molecule has 0 atom stereocenters. The van der Waals surface area contributed by atoms with Gasteiger partial charge in [0.2, 0.25) is 10.0 Å². The fourth-order valence-corrected chi connectivity index (χ4v) is 5.09. The molecule has 0 unspecified atom stereocenters. The number of hydrogen-bond acceptors (Lipinski definition) is 4. The first-order chi connectivity index (χ1) is 14.3. The summed E-state index contributed by atoms with van der Waals surface area (Å²) in [6, 6.07) is 12.6. The summed E-state index contributed by atoms with van der Waals surface area (Å²) in [5.74, 6) is -0.328. The predicted octanol–water partition coefficient (Wildman–Crippen LogP) is 4.12. The molecule has 2 aromatic carbocycles. The average Bonchev–Trinajstić information content (AvgIpc) is 2.73. The van der Waals surface area contributed by atoms with Crippen molar-refractivity contribution in [2.24, 2.45) is 0 Å². The summed E-state index contributed by atoms with van der Waals surface area (Å²) in [5, 5.41) is 2.90. The van der Waals surface area contributed by atoms with Crippen LogP contribution in [0.2, 0.25) is 0 Å². The first-order valence-corrected chi connectivity index (χ1v) is 11.9. The van der Waals surface area contributed by atoms with Gasteiger partial charge in [0, 0.05) is 30.9 Å². The molecular formula is C23H33N3O3S. The van der Waals surface area contributed by atoms with Gasteiger partial charge in [-0.2, -0.15) is 4.31 Å². The third-order valence-electron chi connectivity index (χ3n) is 5.26. The highest BCUT2D eigenvalue weighted by Crippen LogP contribution is 2.22. The Morgan fingerprint density at radius 1 is 0.933 bits per heavy atom. The van der Waals surface area contributed by atoms with E-state index in [1.54, 1.807) is 32.9 Å². The van der Waals surface area contributed by atoms with Crippen LogP contribution in [-0.2, 0) is 16.6 Å². The Bertz CT molecular complexity index is 965. The van der Waals surface area contributed by atoms with Crippen molar-refractivity contribution in [3.63, 3.8) is 0 Å². The van der Waals surface area contributed by atoms with Gasteiger partial charge in [-0.05, 0) is 55.4 Å². The SMILES string of the molecule is CCN(CC)Cc1cccc(NC(=O)c2ccc(C)c(S(=O)(=O)N(CC)CC)c2)c1. The smallest absolute Gasteiger partial charge is 0.255 e. The van der Waals surface area contributed by atoms with Crippen LogP contribution in [0.3, 0.4) is 0 Å². The Morgan fingerprint density at radius 2 is 1.60 bits per heavy atom. The molecule has 164 valence electrons. The molecule has 1 amide bonds. The van der Waals surface area contributed by atoms with Gasteiger partial charge in [-0.15, -0.1) is 0 Å². The largest absolute Gasteiger partial charge is 0.322 e. The van der Waals surface area contributed by atoms with Gasteiger partial charge in [-0.1, -0.05) is 45.9 Å². The Labute approximate surface area is 180 Å². The molecule has 0 heterocycles. The van der Waals surface area contributed by atoms with Crippen LogP contribution >= 0.6 is 0 Å². The van der Waals surface area contributed by atoms with Gasteiger partial charge in [0.05, 0.1) is 4.90 Å². The molecule has 0 aliphatic heterocycles. The van der Waals surface area contributed by atoms with Crippen LogP contribution in [0.5, 0.6) is 0 Å². The number of nitrogens with one attached hydrogen (secondary N) is 1. The minimum Gasteiger partial charge on any atom is -0.322 e. The number of hydrogen-bond donors (Lipinski definition) is 1. The molecule has 0 radical (unpaired) electrons. The highest BCUT2D eigenvalue weighted by Gasteiger charge is 2.24. The highest BCUT2D eigenvalue weighted by atomic mass is 32.2. The van der Waals surface area contributed by atoms with Crippen molar-refractivity contribution in [2.75, 3.05) is 31.5 Å². The van der Waals surface area contributed by atoms with Crippen LogP contribution < -0.4 is 5.32 Å². The number of sulfonamides is 1. The first kappa shape index (κ1) is 24.1. The van der Waals surface area contributed by atoms with Crippen LogP contribution in [-0.4, -0.2) is 49.7 Å². The maximum atomic E-state index is 12.9. The number of nitrogens with zero attached hydrogens (tertiary/aromatic N) is 2. The van der Waals surface area contributed by atoms with Crippen molar-refractivity contribution in [1.82, 2.24) is 9.21 Å². The van der Waals surface area contributed by atoms with Gasteiger partial charge in [-0.25, -0.2) is 8.42 Å². The normalized spacial score (nSPS) is 11.8. The summed E-state index contributed by atoms with van der Waals surface area (Å²) in [7, 11) is -3.64. The molecule has 1 N–H and O–H groups in total. The molecule has 2 rings (SSSR count). The fraction of sp³-hybridized carbons (Fsp3) is 0.435. The minimum atomic E-state index is -3.64. The third kappa shape index (κ3) is 5.68. The summed E-state index contributed by atoms with van der Waals surface area (Å²) < 4.78 is 27.3. The van der Waals surface area contributed by atoms with E-state index in [0.29, 0.717) is 29.9 Å². The van der Waals surface area contributed by atoms with Crippen molar-refractivity contribution < 1.29 is 13.2 Å². The zero-order valence-corrected chi connectivity index (χ0v) is 19.4. The van der Waals surface area contributed by atoms with Crippen molar-refractivity contribution in [2.45, 2.75) is 46.1 Å².